The van der Waals surface area contributed by atoms with Crippen LogP contribution in [0.3, 0.4) is 0 Å². The summed E-state index contributed by atoms with van der Waals surface area (Å²) < 4.78 is 10.5. The third-order valence-electron chi connectivity index (χ3n) is 2.21. The van der Waals surface area contributed by atoms with Crippen molar-refractivity contribution in [3.05, 3.63) is 36.4 Å². The highest BCUT2D eigenvalue weighted by Gasteiger charge is 2.18. The van der Waals surface area contributed by atoms with Crippen molar-refractivity contribution < 1.29 is 24.2 Å². The number of carbonyl (C=O) groups excluding carboxylic acids is 1. The number of amides is 1. The van der Waals surface area contributed by atoms with Crippen LogP contribution in [0, 0.1) is 0 Å². The lowest BCUT2D eigenvalue weighted by Crippen LogP contribution is -2.24. The highest BCUT2D eigenvalue weighted by Crippen LogP contribution is 2.29. The minimum atomic E-state index is -1.07. The summed E-state index contributed by atoms with van der Waals surface area (Å²) in [7, 11) is 0. The molecule has 0 spiro atoms. The molecule has 0 radical (unpaired) electrons. The molecule has 1 aromatic rings. The molecule has 0 saturated carbocycles. The van der Waals surface area contributed by atoms with E-state index in [1.807, 2.05) is 20.8 Å². The fourth-order valence-electron chi connectivity index (χ4n) is 1.45. The monoisotopic (exact) mass is 293 g/mol. The maximum absolute atomic E-state index is 11.6. The van der Waals surface area contributed by atoms with Gasteiger partial charge in [0, 0.05) is 0 Å². The first kappa shape index (κ1) is 16.6. The molecular weight excluding hydrogens is 274 g/mol. The van der Waals surface area contributed by atoms with Crippen molar-refractivity contribution in [3.63, 3.8) is 0 Å². The second-order valence-corrected chi connectivity index (χ2v) is 5.24. The SMILES string of the molecule is C=CCOC(=O)Nc1ccc(C(=O)O)cc1OC(C)(C)C. The molecule has 0 heterocycles. The van der Waals surface area contributed by atoms with E-state index in [1.165, 1.54) is 24.3 Å². The van der Waals surface area contributed by atoms with Crippen LogP contribution in [0.2, 0.25) is 0 Å². The van der Waals surface area contributed by atoms with E-state index in [2.05, 4.69) is 11.9 Å². The molecule has 0 unspecified atom stereocenters. The van der Waals surface area contributed by atoms with Crippen molar-refractivity contribution >= 4 is 17.7 Å². The Balaban J connectivity index is 3.03. The molecule has 0 aromatic heterocycles. The molecule has 1 rings (SSSR count). The second kappa shape index (κ2) is 6.78. The quantitative estimate of drug-likeness (QED) is 0.814. The van der Waals surface area contributed by atoms with Crippen molar-refractivity contribution in [1.82, 2.24) is 0 Å². The van der Waals surface area contributed by atoms with Crippen molar-refractivity contribution in [2.45, 2.75) is 26.4 Å². The maximum atomic E-state index is 11.6. The molecule has 0 atom stereocenters. The summed E-state index contributed by atoms with van der Waals surface area (Å²) in [5.74, 6) is -0.813. The van der Waals surface area contributed by atoms with Crippen molar-refractivity contribution in [3.8, 4) is 5.75 Å². The van der Waals surface area contributed by atoms with Crippen LogP contribution in [0.25, 0.3) is 0 Å². The fraction of sp³-hybridized carbons (Fsp3) is 0.333. The summed E-state index contributed by atoms with van der Waals surface area (Å²) in [6.07, 6.45) is 0.774. The topological polar surface area (TPSA) is 84.9 Å². The van der Waals surface area contributed by atoms with Gasteiger partial charge in [0.25, 0.3) is 0 Å². The van der Waals surface area contributed by atoms with E-state index in [1.54, 1.807) is 0 Å². The number of rotatable bonds is 5. The molecule has 114 valence electrons. The highest BCUT2D eigenvalue weighted by atomic mass is 16.5. The molecule has 6 nitrogen and oxygen atoms in total. The van der Waals surface area contributed by atoms with E-state index < -0.39 is 17.7 Å². The van der Waals surface area contributed by atoms with Gasteiger partial charge < -0.3 is 14.6 Å². The second-order valence-electron chi connectivity index (χ2n) is 5.24. The van der Waals surface area contributed by atoms with E-state index in [9.17, 15) is 9.59 Å². The number of anilines is 1. The van der Waals surface area contributed by atoms with Gasteiger partial charge in [-0.25, -0.2) is 9.59 Å². The largest absolute Gasteiger partial charge is 0.486 e. The van der Waals surface area contributed by atoms with Gasteiger partial charge in [-0.15, -0.1) is 0 Å². The molecule has 2 N–H and O–H groups in total. The van der Waals surface area contributed by atoms with Crippen LogP contribution in [0.4, 0.5) is 10.5 Å². The zero-order chi connectivity index (χ0) is 16.0. The third-order valence-corrected chi connectivity index (χ3v) is 2.21. The number of aromatic carboxylic acids is 1. The van der Waals surface area contributed by atoms with E-state index in [0.717, 1.165) is 0 Å². The fourth-order valence-corrected chi connectivity index (χ4v) is 1.45. The summed E-state index contributed by atoms with van der Waals surface area (Å²) in [4.78, 5) is 22.6. The zero-order valence-corrected chi connectivity index (χ0v) is 12.3. The number of hydrogen-bond acceptors (Lipinski definition) is 4. The van der Waals surface area contributed by atoms with E-state index in [-0.39, 0.29) is 17.9 Å². The number of carbonyl (C=O) groups is 2. The molecule has 0 aliphatic heterocycles. The predicted octanol–water partition coefficient (Wildman–Crippen LogP) is 3.30. The lowest BCUT2D eigenvalue weighted by atomic mass is 10.1. The molecule has 1 amide bonds. The molecule has 6 heteroatoms. The van der Waals surface area contributed by atoms with Crippen molar-refractivity contribution in [2.24, 2.45) is 0 Å². The maximum Gasteiger partial charge on any atom is 0.412 e. The van der Waals surface area contributed by atoms with Gasteiger partial charge in [0.15, 0.2) is 0 Å². The smallest absolute Gasteiger partial charge is 0.412 e. The average Bonchev–Trinajstić information content (AvgIpc) is 2.36. The Kier molecular flexibility index (Phi) is 5.35. The first-order chi connectivity index (χ1) is 9.73. The van der Waals surface area contributed by atoms with E-state index >= 15 is 0 Å². The molecule has 0 aliphatic rings. The zero-order valence-electron chi connectivity index (χ0n) is 12.3. The van der Waals surface area contributed by atoms with Crippen molar-refractivity contribution in [2.75, 3.05) is 11.9 Å². The number of carboxylic acid groups (broad SMARTS) is 1. The Hall–Kier alpha value is -2.50. The Bertz CT molecular complexity index is 545. The Morgan fingerprint density at radius 1 is 1.38 bits per heavy atom. The molecule has 0 aliphatic carbocycles. The Labute approximate surface area is 123 Å². The predicted molar refractivity (Wildman–Crippen MR) is 79.0 cm³/mol. The van der Waals surface area contributed by atoms with Gasteiger partial charge in [0.05, 0.1) is 11.3 Å². The van der Waals surface area contributed by atoms with E-state index in [0.29, 0.717) is 5.69 Å². The molecule has 0 bridgehead atoms. The third kappa shape index (κ3) is 5.56. The lowest BCUT2D eigenvalue weighted by molar-refractivity contribution is 0.0694. The number of nitrogens with one attached hydrogen (secondary N) is 1. The minimum Gasteiger partial charge on any atom is -0.486 e. The lowest BCUT2D eigenvalue weighted by Gasteiger charge is -2.23. The number of ether oxygens (including phenoxy) is 2. The van der Waals surface area contributed by atoms with Gasteiger partial charge >= 0.3 is 12.1 Å². The summed E-state index contributed by atoms with van der Waals surface area (Å²) >= 11 is 0. The summed E-state index contributed by atoms with van der Waals surface area (Å²) in [6, 6.07) is 4.19. The van der Waals surface area contributed by atoms with Crippen LogP contribution in [-0.2, 0) is 4.74 Å². The average molecular weight is 293 g/mol. The number of carboxylic acids is 1. The summed E-state index contributed by atoms with van der Waals surface area (Å²) in [6.45, 7) is 8.98. The van der Waals surface area contributed by atoms with Gasteiger partial charge in [0.1, 0.15) is 18.0 Å². The number of hydrogen-bond donors (Lipinski definition) is 2. The Morgan fingerprint density at radius 3 is 2.57 bits per heavy atom. The standard InChI is InChI=1S/C15H19NO5/c1-5-8-20-14(19)16-11-7-6-10(13(17)18)9-12(11)21-15(2,3)4/h5-7,9H,1,8H2,2-4H3,(H,16,19)(H,17,18). The van der Waals surface area contributed by atoms with Crippen LogP contribution < -0.4 is 10.1 Å². The van der Waals surface area contributed by atoms with Gasteiger partial charge in [-0.05, 0) is 39.0 Å². The van der Waals surface area contributed by atoms with E-state index in [4.69, 9.17) is 14.6 Å². The minimum absolute atomic E-state index is 0.0688. The van der Waals surface area contributed by atoms with Crippen LogP contribution >= 0.6 is 0 Å². The molecule has 1 aromatic carbocycles. The van der Waals surface area contributed by atoms with Crippen molar-refractivity contribution in [1.29, 1.82) is 0 Å². The normalized spacial score (nSPS) is 10.6. The van der Waals surface area contributed by atoms with Gasteiger partial charge in [-0.3, -0.25) is 5.32 Å². The first-order valence-corrected chi connectivity index (χ1v) is 6.34. The summed E-state index contributed by atoms with van der Waals surface area (Å²) in [5.41, 5.74) is -0.137. The first-order valence-electron chi connectivity index (χ1n) is 6.34. The van der Waals surface area contributed by atoms with Crippen LogP contribution in [0.15, 0.2) is 30.9 Å². The van der Waals surface area contributed by atoms with Gasteiger partial charge in [-0.2, -0.15) is 0 Å². The van der Waals surface area contributed by atoms with Gasteiger partial charge in [0.2, 0.25) is 0 Å². The van der Waals surface area contributed by atoms with Gasteiger partial charge in [-0.1, -0.05) is 12.7 Å². The summed E-state index contributed by atoms with van der Waals surface area (Å²) in [5, 5.41) is 11.5. The molecule has 0 fully saturated rings. The molecule has 21 heavy (non-hydrogen) atoms. The van der Waals surface area contributed by atoms with Crippen LogP contribution in [0.1, 0.15) is 31.1 Å². The Morgan fingerprint density at radius 2 is 2.05 bits per heavy atom. The van der Waals surface area contributed by atoms with Crippen LogP contribution in [0.5, 0.6) is 5.75 Å². The number of benzene rings is 1. The van der Waals surface area contributed by atoms with Crippen LogP contribution in [-0.4, -0.2) is 29.4 Å². The molecular formula is C15H19NO5. The molecule has 0 saturated heterocycles. The highest BCUT2D eigenvalue weighted by molar-refractivity contribution is 5.91.